The lowest BCUT2D eigenvalue weighted by atomic mass is 10.0. The van der Waals surface area contributed by atoms with E-state index in [1.54, 1.807) is 13.8 Å². The van der Waals surface area contributed by atoms with E-state index in [1.807, 2.05) is 0 Å². The van der Waals surface area contributed by atoms with Crippen LogP contribution in [0.25, 0.3) is 0 Å². The SMILES string of the molecule is COc1ccc(NC(=O)CN2C(=O)C(C(C)C)Oc3cc([N+](=O)[O-])ccc32)c([N+](=O)[O-])c1. The lowest BCUT2D eigenvalue weighted by Crippen LogP contribution is -2.50. The monoisotopic (exact) mass is 444 g/mol. The topological polar surface area (TPSA) is 154 Å². The number of nitro groups is 2. The minimum atomic E-state index is -0.951. The zero-order chi connectivity index (χ0) is 23.6. The molecule has 1 aliphatic heterocycles. The zero-order valence-electron chi connectivity index (χ0n) is 17.4. The van der Waals surface area contributed by atoms with Crippen LogP contribution in [-0.2, 0) is 9.59 Å². The number of nitrogens with one attached hydrogen (secondary N) is 1. The fraction of sp³-hybridized carbons (Fsp3) is 0.300. The van der Waals surface area contributed by atoms with Gasteiger partial charge >= 0.3 is 0 Å². The van der Waals surface area contributed by atoms with Gasteiger partial charge in [-0.3, -0.25) is 34.7 Å². The third-order valence-corrected chi connectivity index (χ3v) is 4.79. The van der Waals surface area contributed by atoms with Crippen LogP contribution >= 0.6 is 0 Å². The van der Waals surface area contributed by atoms with E-state index in [0.717, 1.165) is 4.90 Å². The van der Waals surface area contributed by atoms with Gasteiger partial charge in [-0.2, -0.15) is 0 Å². The number of carbonyl (C=O) groups excluding carboxylic acids is 2. The Morgan fingerprint density at radius 2 is 1.91 bits per heavy atom. The fourth-order valence-corrected chi connectivity index (χ4v) is 3.21. The molecular weight excluding hydrogens is 424 g/mol. The Kier molecular flexibility index (Phi) is 6.23. The van der Waals surface area contributed by atoms with Crippen LogP contribution in [0.5, 0.6) is 11.5 Å². The summed E-state index contributed by atoms with van der Waals surface area (Å²) >= 11 is 0. The summed E-state index contributed by atoms with van der Waals surface area (Å²) in [7, 11) is 1.36. The van der Waals surface area contributed by atoms with Crippen LogP contribution in [0.2, 0.25) is 0 Å². The number of anilines is 2. The predicted octanol–water partition coefficient (Wildman–Crippen LogP) is 2.90. The van der Waals surface area contributed by atoms with Crippen molar-refractivity contribution in [2.75, 3.05) is 23.9 Å². The summed E-state index contributed by atoms with van der Waals surface area (Å²) < 4.78 is 10.6. The van der Waals surface area contributed by atoms with Gasteiger partial charge in [0.1, 0.15) is 18.0 Å². The highest BCUT2D eigenvalue weighted by molar-refractivity contribution is 6.07. The van der Waals surface area contributed by atoms with Crippen molar-refractivity contribution in [2.24, 2.45) is 5.92 Å². The van der Waals surface area contributed by atoms with E-state index in [-0.39, 0.29) is 40.2 Å². The van der Waals surface area contributed by atoms with Crippen molar-refractivity contribution in [1.29, 1.82) is 0 Å². The number of fused-ring (bicyclic) bond motifs is 1. The van der Waals surface area contributed by atoms with Crippen LogP contribution in [0.3, 0.4) is 0 Å². The standard InChI is InChI=1S/C20H20N4O8/c1-11(2)19-20(26)22(15-7-4-12(23(27)28)8-17(15)32-19)10-18(25)21-14-6-5-13(31-3)9-16(14)24(29)30/h4-9,11,19H,10H2,1-3H3,(H,21,25). The fourth-order valence-electron chi connectivity index (χ4n) is 3.21. The lowest BCUT2D eigenvalue weighted by Gasteiger charge is -2.35. The van der Waals surface area contributed by atoms with Gasteiger partial charge < -0.3 is 14.8 Å². The summed E-state index contributed by atoms with van der Waals surface area (Å²) in [5.74, 6) is -1.13. The average Bonchev–Trinajstić information content (AvgIpc) is 2.74. The maximum Gasteiger partial charge on any atom is 0.296 e. The number of benzene rings is 2. The number of amides is 2. The molecule has 0 fully saturated rings. The number of nitrogens with zero attached hydrogens (tertiary/aromatic N) is 3. The smallest absolute Gasteiger partial charge is 0.296 e. The lowest BCUT2D eigenvalue weighted by molar-refractivity contribution is -0.385. The normalized spacial score (nSPS) is 15.1. The second-order valence-corrected chi connectivity index (χ2v) is 7.30. The third kappa shape index (κ3) is 4.43. The van der Waals surface area contributed by atoms with Crippen molar-refractivity contribution in [2.45, 2.75) is 20.0 Å². The van der Waals surface area contributed by atoms with Gasteiger partial charge in [0, 0.05) is 6.07 Å². The van der Waals surface area contributed by atoms with Crippen molar-refractivity contribution >= 4 is 34.6 Å². The molecule has 2 amide bonds. The van der Waals surface area contributed by atoms with Gasteiger partial charge in [0.2, 0.25) is 5.91 Å². The van der Waals surface area contributed by atoms with Gasteiger partial charge in [-0.15, -0.1) is 0 Å². The van der Waals surface area contributed by atoms with Crippen LogP contribution in [0.4, 0.5) is 22.7 Å². The van der Waals surface area contributed by atoms with E-state index < -0.39 is 34.3 Å². The van der Waals surface area contributed by atoms with Gasteiger partial charge in [-0.25, -0.2) is 0 Å². The number of ether oxygens (including phenoxy) is 2. The maximum absolute atomic E-state index is 13.0. The van der Waals surface area contributed by atoms with E-state index in [9.17, 15) is 29.8 Å². The van der Waals surface area contributed by atoms with Crippen molar-refractivity contribution in [3.8, 4) is 11.5 Å². The first kappa shape index (κ1) is 22.5. The Labute approximate surface area is 182 Å². The maximum atomic E-state index is 13.0. The van der Waals surface area contributed by atoms with Crippen LogP contribution in [0.1, 0.15) is 13.8 Å². The van der Waals surface area contributed by atoms with E-state index in [2.05, 4.69) is 5.32 Å². The molecule has 0 aliphatic carbocycles. The van der Waals surface area contributed by atoms with Crippen LogP contribution in [0.15, 0.2) is 36.4 Å². The Balaban J connectivity index is 1.90. The molecule has 1 heterocycles. The van der Waals surface area contributed by atoms with E-state index in [4.69, 9.17) is 9.47 Å². The zero-order valence-corrected chi connectivity index (χ0v) is 17.4. The number of non-ortho nitro benzene ring substituents is 1. The molecule has 1 aliphatic rings. The quantitative estimate of drug-likeness (QED) is 0.505. The molecule has 168 valence electrons. The molecule has 1 atom stereocenters. The molecule has 1 N–H and O–H groups in total. The summed E-state index contributed by atoms with van der Waals surface area (Å²) in [6.45, 7) is 3.01. The van der Waals surface area contributed by atoms with E-state index >= 15 is 0 Å². The summed E-state index contributed by atoms with van der Waals surface area (Å²) in [5.41, 5.74) is -0.469. The molecule has 2 aromatic rings. The molecule has 32 heavy (non-hydrogen) atoms. The van der Waals surface area contributed by atoms with E-state index in [1.165, 1.54) is 43.5 Å². The molecule has 12 nitrogen and oxygen atoms in total. The summed E-state index contributed by atoms with van der Waals surface area (Å²) in [6, 6.07) is 7.65. The summed E-state index contributed by atoms with van der Waals surface area (Å²) in [4.78, 5) is 48.0. The highest BCUT2D eigenvalue weighted by Crippen LogP contribution is 2.38. The first-order valence-electron chi connectivity index (χ1n) is 9.51. The number of methoxy groups -OCH3 is 1. The Hall–Kier alpha value is -4.22. The molecule has 0 saturated heterocycles. The van der Waals surface area contributed by atoms with Crippen LogP contribution < -0.4 is 19.7 Å². The number of hydrogen-bond acceptors (Lipinski definition) is 8. The third-order valence-electron chi connectivity index (χ3n) is 4.79. The predicted molar refractivity (Wildman–Crippen MR) is 113 cm³/mol. The molecule has 0 radical (unpaired) electrons. The molecule has 0 bridgehead atoms. The Morgan fingerprint density at radius 3 is 2.50 bits per heavy atom. The molecule has 3 rings (SSSR count). The second kappa shape index (κ2) is 8.88. The molecule has 0 saturated carbocycles. The van der Waals surface area contributed by atoms with Gasteiger partial charge in [-0.05, 0) is 24.1 Å². The van der Waals surface area contributed by atoms with Crippen LogP contribution in [0, 0.1) is 26.1 Å². The largest absolute Gasteiger partial charge is 0.496 e. The number of carbonyl (C=O) groups is 2. The van der Waals surface area contributed by atoms with Gasteiger partial charge in [0.25, 0.3) is 17.3 Å². The summed E-state index contributed by atoms with van der Waals surface area (Å²) in [6.07, 6.45) is -0.951. The van der Waals surface area contributed by atoms with Gasteiger partial charge in [0.15, 0.2) is 11.9 Å². The second-order valence-electron chi connectivity index (χ2n) is 7.30. The first-order chi connectivity index (χ1) is 15.1. The van der Waals surface area contributed by atoms with Crippen molar-refractivity contribution in [1.82, 2.24) is 0 Å². The Morgan fingerprint density at radius 1 is 1.19 bits per heavy atom. The van der Waals surface area contributed by atoms with Gasteiger partial charge in [0.05, 0.1) is 34.8 Å². The van der Waals surface area contributed by atoms with Gasteiger partial charge in [-0.1, -0.05) is 13.8 Å². The number of hydrogen-bond donors (Lipinski definition) is 1. The molecule has 1 unspecified atom stereocenters. The molecule has 12 heteroatoms. The van der Waals surface area contributed by atoms with Crippen molar-refractivity contribution in [3.63, 3.8) is 0 Å². The highest BCUT2D eigenvalue weighted by Gasteiger charge is 2.38. The summed E-state index contributed by atoms with van der Waals surface area (Å²) in [5, 5.41) is 24.9. The Bertz CT molecular complexity index is 1100. The van der Waals surface area contributed by atoms with Crippen molar-refractivity contribution < 1.29 is 28.9 Å². The minimum Gasteiger partial charge on any atom is -0.496 e. The van der Waals surface area contributed by atoms with Crippen LogP contribution in [-0.4, -0.2) is 41.4 Å². The molecule has 0 spiro atoms. The molecule has 2 aromatic carbocycles. The molecular formula is C20H20N4O8. The highest BCUT2D eigenvalue weighted by atomic mass is 16.6. The molecule has 0 aromatic heterocycles. The average molecular weight is 444 g/mol. The van der Waals surface area contributed by atoms with E-state index in [0.29, 0.717) is 0 Å². The first-order valence-corrected chi connectivity index (χ1v) is 9.51. The minimum absolute atomic E-state index is 0.0640. The number of nitro benzene ring substituents is 2. The number of rotatable bonds is 7. The van der Waals surface area contributed by atoms with Crippen molar-refractivity contribution in [3.05, 3.63) is 56.6 Å².